The molecular formula is C21H20Cl2N4OS. The number of carbonyl (C=O) groups is 1. The summed E-state index contributed by atoms with van der Waals surface area (Å²) in [7, 11) is 0. The van der Waals surface area contributed by atoms with Crippen LogP contribution >= 0.6 is 34.7 Å². The minimum atomic E-state index is -0.0273. The summed E-state index contributed by atoms with van der Waals surface area (Å²) in [6.45, 7) is 4.80. The van der Waals surface area contributed by atoms with E-state index >= 15 is 0 Å². The molecule has 0 N–H and O–H groups in total. The average molecular weight is 447 g/mol. The molecule has 1 aliphatic heterocycles. The van der Waals surface area contributed by atoms with E-state index in [1.54, 1.807) is 18.2 Å². The van der Waals surface area contributed by atoms with Gasteiger partial charge >= 0.3 is 0 Å². The van der Waals surface area contributed by atoms with Gasteiger partial charge < -0.3 is 9.80 Å². The van der Waals surface area contributed by atoms with E-state index in [2.05, 4.69) is 40.5 Å². The summed E-state index contributed by atoms with van der Waals surface area (Å²) in [5, 5.41) is 1.76. The fourth-order valence-electron chi connectivity index (χ4n) is 3.25. The standard InChI is InChI=1S/C21H20Cl2N4OS/c1-14-2-4-15(5-3-14)12-19-24-21(29-25-19)27-10-8-26(9-11-27)20(28)16-6-7-17(22)18(23)13-16/h2-7,13H,8-12H2,1H3. The van der Waals surface area contributed by atoms with Crippen molar-refractivity contribution in [2.24, 2.45) is 0 Å². The predicted molar refractivity (Wildman–Crippen MR) is 118 cm³/mol. The van der Waals surface area contributed by atoms with E-state index in [0.29, 0.717) is 28.7 Å². The summed E-state index contributed by atoms with van der Waals surface area (Å²) in [5.41, 5.74) is 3.01. The molecule has 1 fully saturated rings. The van der Waals surface area contributed by atoms with Gasteiger partial charge in [-0.2, -0.15) is 4.37 Å². The lowest BCUT2D eigenvalue weighted by atomic mass is 10.1. The number of nitrogens with zero attached hydrogens (tertiary/aromatic N) is 4. The maximum atomic E-state index is 12.7. The second-order valence-corrected chi connectivity index (χ2v) is 8.61. The number of halogens is 2. The molecule has 0 bridgehead atoms. The largest absolute Gasteiger partial charge is 0.343 e. The van der Waals surface area contributed by atoms with E-state index in [1.807, 2.05) is 4.90 Å². The molecule has 8 heteroatoms. The fourth-order valence-corrected chi connectivity index (χ4v) is 4.28. The molecular weight excluding hydrogens is 427 g/mol. The molecule has 150 valence electrons. The highest BCUT2D eigenvalue weighted by atomic mass is 35.5. The molecule has 1 saturated heterocycles. The third-order valence-corrected chi connectivity index (χ3v) is 6.50. The van der Waals surface area contributed by atoms with Crippen LogP contribution in [0.15, 0.2) is 42.5 Å². The van der Waals surface area contributed by atoms with Crippen LogP contribution in [-0.4, -0.2) is 46.3 Å². The van der Waals surface area contributed by atoms with Gasteiger partial charge in [0.15, 0.2) is 0 Å². The SMILES string of the molecule is Cc1ccc(Cc2nsc(N3CCN(C(=O)c4ccc(Cl)c(Cl)c4)CC3)n2)cc1. The van der Waals surface area contributed by atoms with Crippen LogP contribution in [0.25, 0.3) is 0 Å². The number of hydrogen-bond donors (Lipinski definition) is 0. The molecule has 0 unspecified atom stereocenters. The summed E-state index contributed by atoms with van der Waals surface area (Å²) < 4.78 is 4.51. The Balaban J connectivity index is 1.36. The van der Waals surface area contributed by atoms with Gasteiger partial charge in [-0.25, -0.2) is 4.98 Å². The minimum absolute atomic E-state index is 0.0273. The van der Waals surface area contributed by atoms with Gasteiger partial charge in [0.2, 0.25) is 5.13 Å². The Morgan fingerprint density at radius 1 is 1.03 bits per heavy atom. The highest BCUT2D eigenvalue weighted by molar-refractivity contribution is 7.09. The summed E-state index contributed by atoms with van der Waals surface area (Å²) in [6.07, 6.45) is 0.729. The van der Waals surface area contributed by atoms with Crippen LogP contribution in [-0.2, 0) is 6.42 Å². The zero-order chi connectivity index (χ0) is 20.4. The van der Waals surface area contributed by atoms with Crippen molar-refractivity contribution in [1.82, 2.24) is 14.3 Å². The quantitative estimate of drug-likeness (QED) is 0.582. The first-order chi connectivity index (χ1) is 14.0. The maximum Gasteiger partial charge on any atom is 0.254 e. The number of aromatic nitrogens is 2. The lowest BCUT2D eigenvalue weighted by Gasteiger charge is -2.34. The average Bonchev–Trinajstić information content (AvgIpc) is 3.20. The van der Waals surface area contributed by atoms with Crippen LogP contribution in [0.5, 0.6) is 0 Å². The number of piperazine rings is 1. The lowest BCUT2D eigenvalue weighted by Crippen LogP contribution is -2.48. The molecule has 0 spiro atoms. The number of hydrogen-bond acceptors (Lipinski definition) is 5. The van der Waals surface area contributed by atoms with Gasteiger partial charge in [0.25, 0.3) is 5.91 Å². The lowest BCUT2D eigenvalue weighted by molar-refractivity contribution is 0.0747. The van der Waals surface area contributed by atoms with Crippen LogP contribution in [0.3, 0.4) is 0 Å². The van der Waals surface area contributed by atoms with E-state index in [1.165, 1.54) is 22.7 Å². The number of rotatable bonds is 4. The van der Waals surface area contributed by atoms with Gasteiger partial charge in [0, 0.05) is 49.7 Å². The van der Waals surface area contributed by atoms with Crippen molar-refractivity contribution in [1.29, 1.82) is 0 Å². The molecule has 1 amide bonds. The third kappa shape index (κ3) is 4.71. The Bertz CT molecular complexity index is 1010. The number of amides is 1. The van der Waals surface area contributed by atoms with E-state index in [-0.39, 0.29) is 5.91 Å². The zero-order valence-electron chi connectivity index (χ0n) is 15.9. The van der Waals surface area contributed by atoms with Gasteiger partial charge in [-0.15, -0.1) is 0 Å². The maximum absolute atomic E-state index is 12.7. The number of carbonyl (C=O) groups excluding carboxylic acids is 1. The zero-order valence-corrected chi connectivity index (χ0v) is 18.3. The minimum Gasteiger partial charge on any atom is -0.343 e. The van der Waals surface area contributed by atoms with Crippen molar-refractivity contribution in [2.75, 3.05) is 31.1 Å². The highest BCUT2D eigenvalue weighted by Gasteiger charge is 2.24. The van der Waals surface area contributed by atoms with Crippen molar-refractivity contribution < 1.29 is 4.79 Å². The summed E-state index contributed by atoms with van der Waals surface area (Å²) in [6, 6.07) is 13.4. The van der Waals surface area contributed by atoms with Crippen molar-refractivity contribution in [3.05, 3.63) is 75.0 Å². The van der Waals surface area contributed by atoms with E-state index in [0.717, 1.165) is 30.5 Å². The number of anilines is 1. The van der Waals surface area contributed by atoms with Gasteiger partial charge in [0.05, 0.1) is 10.0 Å². The molecule has 29 heavy (non-hydrogen) atoms. The van der Waals surface area contributed by atoms with Gasteiger partial charge in [-0.05, 0) is 30.7 Å². The number of benzene rings is 2. The van der Waals surface area contributed by atoms with E-state index in [9.17, 15) is 4.79 Å². The topological polar surface area (TPSA) is 49.3 Å². The molecule has 2 heterocycles. The van der Waals surface area contributed by atoms with Crippen LogP contribution in [0.4, 0.5) is 5.13 Å². The first-order valence-electron chi connectivity index (χ1n) is 9.37. The molecule has 0 atom stereocenters. The van der Waals surface area contributed by atoms with Gasteiger partial charge in [-0.1, -0.05) is 53.0 Å². The second kappa shape index (κ2) is 8.69. The van der Waals surface area contributed by atoms with Crippen molar-refractivity contribution >= 4 is 45.8 Å². The van der Waals surface area contributed by atoms with Crippen LogP contribution < -0.4 is 4.90 Å². The van der Waals surface area contributed by atoms with Crippen LogP contribution in [0.2, 0.25) is 10.0 Å². The Kier molecular flexibility index (Phi) is 6.04. The fraction of sp³-hybridized carbons (Fsp3) is 0.286. The third-order valence-electron chi connectivity index (χ3n) is 4.94. The summed E-state index contributed by atoms with van der Waals surface area (Å²) in [4.78, 5) is 21.4. The Morgan fingerprint density at radius 2 is 1.76 bits per heavy atom. The highest BCUT2D eigenvalue weighted by Crippen LogP contribution is 2.25. The van der Waals surface area contributed by atoms with E-state index in [4.69, 9.17) is 28.2 Å². The monoisotopic (exact) mass is 446 g/mol. The Labute approximate surface area is 184 Å². The Morgan fingerprint density at radius 3 is 2.45 bits per heavy atom. The van der Waals surface area contributed by atoms with Crippen molar-refractivity contribution in [3.63, 3.8) is 0 Å². The summed E-state index contributed by atoms with van der Waals surface area (Å²) >= 11 is 13.4. The summed E-state index contributed by atoms with van der Waals surface area (Å²) in [5.74, 6) is 0.809. The van der Waals surface area contributed by atoms with Crippen molar-refractivity contribution in [2.45, 2.75) is 13.3 Å². The molecule has 0 radical (unpaired) electrons. The normalized spacial score (nSPS) is 14.3. The Hall–Kier alpha value is -2.15. The molecule has 0 aliphatic carbocycles. The van der Waals surface area contributed by atoms with E-state index < -0.39 is 0 Å². The first kappa shape index (κ1) is 20.1. The molecule has 5 nitrogen and oxygen atoms in total. The second-order valence-electron chi connectivity index (χ2n) is 7.06. The number of aryl methyl sites for hydroxylation is 1. The molecule has 1 aliphatic rings. The van der Waals surface area contributed by atoms with Crippen LogP contribution in [0.1, 0.15) is 27.3 Å². The van der Waals surface area contributed by atoms with Crippen molar-refractivity contribution in [3.8, 4) is 0 Å². The molecule has 3 aromatic rings. The molecule has 4 rings (SSSR count). The molecule has 0 saturated carbocycles. The van der Waals surface area contributed by atoms with Gasteiger partial charge in [0.1, 0.15) is 5.82 Å². The predicted octanol–water partition coefficient (Wildman–Crippen LogP) is 4.71. The molecule has 2 aromatic carbocycles. The van der Waals surface area contributed by atoms with Gasteiger partial charge in [-0.3, -0.25) is 4.79 Å². The first-order valence-corrected chi connectivity index (χ1v) is 10.9. The smallest absolute Gasteiger partial charge is 0.254 e. The molecule has 1 aromatic heterocycles. The van der Waals surface area contributed by atoms with Crippen LogP contribution in [0, 0.1) is 6.92 Å².